The van der Waals surface area contributed by atoms with E-state index in [2.05, 4.69) is 13.8 Å². The largest absolute Gasteiger partial charge is 0.463 e. The third kappa shape index (κ3) is 50.6. The maximum Gasteiger partial charge on any atom is 0.305 e. The Kier molecular flexibility index (Phi) is 49.3. The molecule has 0 aliphatic rings. The Morgan fingerprint density at radius 1 is 0.246 bits per heavy atom. The second-order valence-electron chi connectivity index (χ2n) is 13.2. The van der Waals surface area contributed by atoms with Crippen molar-refractivity contribution in [3.05, 3.63) is 0 Å². The van der Waals surface area contributed by atoms with Gasteiger partial charge in [-0.25, -0.2) is 0 Å². The third-order valence-corrected chi connectivity index (χ3v) is 8.17. The maximum atomic E-state index is 11.8. The molecule has 15 heteroatoms. The van der Waals surface area contributed by atoms with Gasteiger partial charge in [0.15, 0.2) is 0 Å². The van der Waals surface area contributed by atoms with Crippen molar-refractivity contribution in [3.63, 3.8) is 0 Å². The lowest BCUT2D eigenvalue weighted by atomic mass is 10.1. The summed E-state index contributed by atoms with van der Waals surface area (Å²) in [5.41, 5.74) is 0. The molecule has 0 amide bonds. The molecular weight excluding hydrogens is 744 g/mol. The lowest BCUT2D eigenvalue weighted by molar-refractivity contribution is -0.146. The summed E-state index contributed by atoms with van der Waals surface area (Å²) in [6, 6.07) is 0. The lowest BCUT2D eigenvalue weighted by Crippen LogP contribution is -2.16. The molecule has 57 heavy (non-hydrogen) atoms. The van der Waals surface area contributed by atoms with Gasteiger partial charge in [-0.2, -0.15) is 0 Å². The summed E-state index contributed by atoms with van der Waals surface area (Å²) in [6.07, 6.45) is 15.0. The molecule has 0 bridgehead atoms. The fourth-order valence-corrected chi connectivity index (χ4v) is 4.97. The van der Waals surface area contributed by atoms with Crippen LogP contribution in [0.2, 0.25) is 0 Å². The first-order chi connectivity index (χ1) is 28.2. The van der Waals surface area contributed by atoms with Crippen LogP contribution in [0, 0.1) is 0 Å². The average molecular weight is 827 g/mol. The Bertz CT molecular complexity index is 793. The number of carbonyl (C=O) groups excluding carboxylic acids is 2. The summed E-state index contributed by atoms with van der Waals surface area (Å²) in [5, 5.41) is 0. The van der Waals surface area contributed by atoms with Crippen LogP contribution in [0.5, 0.6) is 0 Å². The van der Waals surface area contributed by atoms with E-state index in [0.717, 1.165) is 32.1 Å². The van der Waals surface area contributed by atoms with E-state index in [0.29, 0.717) is 158 Å². The number of carbonyl (C=O) groups is 2. The maximum absolute atomic E-state index is 11.8. The van der Waals surface area contributed by atoms with Gasteiger partial charge in [0, 0.05) is 12.8 Å². The number of unbranched alkanes of at least 4 members (excludes halogenated alkanes) is 10. The zero-order valence-corrected chi connectivity index (χ0v) is 36.0. The van der Waals surface area contributed by atoms with E-state index >= 15 is 0 Å². The van der Waals surface area contributed by atoms with Crippen LogP contribution in [0.3, 0.4) is 0 Å². The Morgan fingerprint density at radius 3 is 0.667 bits per heavy atom. The quantitative estimate of drug-likeness (QED) is 0.0539. The predicted molar refractivity (Wildman–Crippen MR) is 217 cm³/mol. The molecule has 0 aromatic carbocycles. The van der Waals surface area contributed by atoms with E-state index in [1.54, 1.807) is 0 Å². The van der Waals surface area contributed by atoms with Crippen LogP contribution in [-0.4, -0.2) is 171 Å². The van der Waals surface area contributed by atoms with Crippen molar-refractivity contribution in [1.29, 1.82) is 0 Å². The summed E-state index contributed by atoms with van der Waals surface area (Å²) in [5.74, 6) is -0.302. The topological polar surface area (TPSA) is 154 Å². The smallest absolute Gasteiger partial charge is 0.305 e. The first-order valence-electron chi connectivity index (χ1n) is 21.9. The van der Waals surface area contributed by atoms with Gasteiger partial charge in [0.05, 0.1) is 145 Å². The highest BCUT2D eigenvalue weighted by atomic mass is 16.6. The Labute approximate surface area is 345 Å². The van der Waals surface area contributed by atoms with Crippen LogP contribution >= 0.6 is 0 Å². The van der Waals surface area contributed by atoms with Gasteiger partial charge in [0.2, 0.25) is 0 Å². The zero-order valence-electron chi connectivity index (χ0n) is 36.0. The van der Waals surface area contributed by atoms with Crippen LogP contribution in [0.15, 0.2) is 0 Å². The molecule has 0 aromatic heterocycles. The molecule has 0 heterocycles. The van der Waals surface area contributed by atoms with E-state index in [-0.39, 0.29) is 25.2 Å². The molecule has 0 aliphatic heterocycles. The molecule has 0 N–H and O–H groups in total. The molecule has 340 valence electrons. The number of esters is 2. The van der Waals surface area contributed by atoms with Crippen molar-refractivity contribution in [3.8, 4) is 0 Å². The van der Waals surface area contributed by atoms with E-state index in [4.69, 9.17) is 61.6 Å². The fourth-order valence-electron chi connectivity index (χ4n) is 4.97. The molecule has 0 saturated carbocycles. The Balaban J connectivity index is 3.12. The van der Waals surface area contributed by atoms with Crippen LogP contribution in [0.25, 0.3) is 0 Å². The highest BCUT2D eigenvalue weighted by Gasteiger charge is 2.04. The minimum Gasteiger partial charge on any atom is -0.463 e. The van der Waals surface area contributed by atoms with Gasteiger partial charge < -0.3 is 61.6 Å². The van der Waals surface area contributed by atoms with E-state index in [9.17, 15) is 9.59 Å². The molecule has 0 fully saturated rings. The summed E-state index contributed by atoms with van der Waals surface area (Å²) >= 11 is 0. The highest BCUT2D eigenvalue weighted by Crippen LogP contribution is 2.10. The monoisotopic (exact) mass is 827 g/mol. The Hall–Kier alpha value is -1.50. The molecule has 0 saturated heterocycles. The number of rotatable bonds is 50. The standard InChI is InChI=1S/C42H82O15/c1-3-5-7-8-9-10-11-12-14-16-42(44)57-40-38-55-36-34-53-32-30-51-28-26-49-24-22-47-20-18-45-17-19-46-21-23-48-25-27-50-29-31-52-33-35-54-37-39-56-41(43)15-13-6-4-2/h3-40H2,1-2H3. The van der Waals surface area contributed by atoms with Crippen molar-refractivity contribution < 1.29 is 71.2 Å². The van der Waals surface area contributed by atoms with Gasteiger partial charge in [0.1, 0.15) is 13.2 Å². The van der Waals surface area contributed by atoms with E-state index in [1.807, 2.05) is 0 Å². The van der Waals surface area contributed by atoms with Crippen molar-refractivity contribution in [2.24, 2.45) is 0 Å². The van der Waals surface area contributed by atoms with Crippen molar-refractivity contribution in [2.45, 2.75) is 104 Å². The normalized spacial score (nSPS) is 11.4. The van der Waals surface area contributed by atoms with Crippen molar-refractivity contribution >= 4 is 11.9 Å². The third-order valence-electron chi connectivity index (χ3n) is 8.17. The predicted octanol–water partition coefficient (Wildman–Crippen LogP) is 5.76. The molecule has 0 rings (SSSR count). The second kappa shape index (κ2) is 50.6. The van der Waals surface area contributed by atoms with Crippen LogP contribution < -0.4 is 0 Å². The number of hydrogen-bond donors (Lipinski definition) is 0. The molecule has 0 atom stereocenters. The Morgan fingerprint density at radius 2 is 0.421 bits per heavy atom. The molecule has 0 spiro atoms. The van der Waals surface area contributed by atoms with Crippen LogP contribution in [0.4, 0.5) is 0 Å². The number of ether oxygens (including phenoxy) is 13. The van der Waals surface area contributed by atoms with Gasteiger partial charge in [-0.1, -0.05) is 78.1 Å². The lowest BCUT2D eigenvalue weighted by Gasteiger charge is -2.09. The first kappa shape index (κ1) is 55.5. The number of hydrogen-bond acceptors (Lipinski definition) is 15. The van der Waals surface area contributed by atoms with Crippen molar-refractivity contribution in [1.82, 2.24) is 0 Å². The van der Waals surface area contributed by atoms with E-state index < -0.39 is 0 Å². The molecular formula is C42H82O15. The van der Waals surface area contributed by atoms with E-state index in [1.165, 1.54) is 44.9 Å². The molecule has 0 aliphatic carbocycles. The molecule has 0 unspecified atom stereocenters. The fraction of sp³-hybridized carbons (Fsp3) is 0.952. The van der Waals surface area contributed by atoms with Crippen LogP contribution in [-0.2, 0) is 71.2 Å². The van der Waals surface area contributed by atoms with Gasteiger partial charge >= 0.3 is 11.9 Å². The van der Waals surface area contributed by atoms with Crippen molar-refractivity contribution in [2.75, 3.05) is 159 Å². The second-order valence-corrected chi connectivity index (χ2v) is 13.2. The minimum atomic E-state index is -0.162. The highest BCUT2D eigenvalue weighted by molar-refractivity contribution is 5.69. The van der Waals surface area contributed by atoms with Gasteiger partial charge in [-0.15, -0.1) is 0 Å². The SMILES string of the molecule is CCCCCCCCCCCC(=O)OCCOCCOCCOCCOCCOCCOCCOCCOCCOCCOCCOCCOC(=O)CCCCC. The van der Waals surface area contributed by atoms with Gasteiger partial charge in [-0.3, -0.25) is 9.59 Å². The van der Waals surface area contributed by atoms with Gasteiger partial charge in [0.25, 0.3) is 0 Å². The summed E-state index contributed by atoms with van der Waals surface area (Å²) in [7, 11) is 0. The summed E-state index contributed by atoms with van der Waals surface area (Å²) in [4.78, 5) is 23.3. The average Bonchev–Trinajstić information content (AvgIpc) is 3.21. The molecule has 15 nitrogen and oxygen atoms in total. The summed E-state index contributed by atoms with van der Waals surface area (Å²) < 4.78 is 70.5. The van der Waals surface area contributed by atoms with Crippen LogP contribution in [0.1, 0.15) is 104 Å². The summed E-state index contributed by atoms with van der Waals surface area (Å²) in [6.45, 7) is 15.3. The first-order valence-corrected chi connectivity index (χ1v) is 21.9. The zero-order chi connectivity index (χ0) is 41.2. The van der Waals surface area contributed by atoms with Gasteiger partial charge in [-0.05, 0) is 12.8 Å². The molecule has 0 aromatic rings. The molecule has 0 radical (unpaired) electrons. The minimum absolute atomic E-state index is 0.140.